The van der Waals surface area contributed by atoms with Crippen LogP contribution in [0.4, 0.5) is 5.82 Å². The van der Waals surface area contributed by atoms with Crippen molar-refractivity contribution < 1.29 is 9.90 Å². The highest BCUT2D eigenvalue weighted by molar-refractivity contribution is 5.68. The molecule has 0 amide bonds. The van der Waals surface area contributed by atoms with Gasteiger partial charge in [0.1, 0.15) is 0 Å². The molecule has 1 heterocycles. The number of aliphatic carboxylic acids is 1. The molecule has 0 spiro atoms. The maximum absolute atomic E-state index is 11.7. The normalized spacial score (nSPS) is 16.9. The van der Waals surface area contributed by atoms with Gasteiger partial charge in [0.15, 0.2) is 5.82 Å². The first kappa shape index (κ1) is 12.6. The summed E-state index contributed by atoms with van der Waals surface area (Å²) in [5.41, 5.74) is -0.406. The fourth-order valence-electron chi connectivity index (χ4n) is 2.30. The number of anilines is 1. The summed E-state index contributed by atoms with van der Waals surface area (Å²) >= 11 is 0. The highest BCUT2D eigenvalue weighted by Gasteiger charge is 2.38. The van der Waals surface area contributed by atoms with Gasteiger partial charge in [0.05, 0.1) is 6.42 Å². The second kappa shape index (κ2) is 4.80. The van der Waals surface area contributed by atoms with Crippen LogP contribution in [0.1, 0.15) is 25.7 Å². The van der Waals surface area contributed by atoms with E-state index in [-0.39, 0.29) is 23.2 Å². The fraction of sp³-hybridized carbons (Fsp3) is 0.583. The maximum atomic E-state index is 11.7. The summed E-state index contributed by atoms with van der Waals surface area (Å²) in [6.07, 6.45) is 6.11. The Morgan fingerprint density at radius 2 is 2.33 bits per heavy atom. The lowest BCUT2D eigenvalue weighted by molar-refractivity contribution is -0.141. The number of aromatic nitrogens is 2. The van der Waals surface area contributed by atoms with Crippen LogP contribution in [0.3, 0.4) is 0 Å². The van der Waals surface area contributed by atoms with Gasteiger partial charge in [0, 0.05) is 26.0 Å². The SMILES string of the molecule is Cn1ccnc(NCC2(CC(=O)O)CCC2)c1=O. The fourth-order valence-corrected chi connectivity index (χ4v) is 2.30. The third-order valence-electron chi connectivity index (χ3n) is 3.59. The summed E-state index contributed by atoms with van der Waals surface area (Å²) in [5, 5.41) is 11.9. The molecule has 18 heavy (non-hydrogen) atoms. The Labute approximate surface area is 105 Å². The number of carboxylic acids is 1. The number of hydrogen-bond donors (Lipinski definition) is 2. The summed E-state index contributed by atoms with van der Waals surface area (Å²) in [4.78, 5) is 26.6. The van der Waals surface area contributed by atoms with Gasteiger partial charge in [-0.05, 0) is 18.3 Å². The lowest BCUT2D eigenvalue weighted by Gasteiger charge is -2.40. The van der Waals surface area contributed by atoms with Crippen molar-refractivity contribution in [3.8, 4) is 0 Å². The first-order valence-corrected chi connectivity index (χ1v) is 6.00. The number of nitrogens with one attached hydrogen (secondary N) is 1. The minimum absolute atomic E-state index is 0.146. The second-order valence-electron chi connectivity index (χ2n) is 4.97. The van der Waals surface area contributed by atoms with E-state index in [4.69, 9.17) is 5.11 Å². The standard InChI is InChI=1S/C12H17N3O3/c1-15-6-5-13-10(11(15)18)14-8-12(3-2-4-12)7-9(16)17/h5-6H,2-4,7-8H2,1H3,(H,13,14)(H,16,17). The molecule has 6 heteroatoms. The third kappa shape index (κ3) is 2.52. The van der Waals surface area contributed by atoms with E-state index in [1.165, 1.54) is 4.57 Å². The van der Waals surface area contributed by atoms with Crippen molar-refractivity contribution >= 4 is 11.8 Å². The lowest BCUT2D eigenvalue weighted by atomic mass is 9.66. The molecule has 1 saturated carbocycles. The van der Waals surface area contributed by atoms with Crippen LogP contribution in [0.15, 0.2) is 17.2 Å². The zero-order valence-corrected chi connectivity index (χ0v) is 10.3. The van der Waals surface area contributed by atoms with Gasteiger partial charge in [0.25, 0.3) is 5.56 Å². The van der Waals surface area contributed by atoms with Crippen LogP contribution in [0.25, 0.3) is 0 Å². The molecule has 1 aliphatic rings. The molecule has 6 nitrogen and oxygen atoms in total. The Bertz CT molecular complexity index is 506. The van der Waals surface area contributed by atoms with Crippen molar-refractivity contribution in [2.24, 2.45) is 12.5 Å². The Kier molecular flexibility index (Phi) is 3.36. The molecule has 0 bridgehead atoms. The van der Waals surface area contributed by atoms with Gasteiger partial charge < -0.3 is 15.0 Å². The molecule has 2 N–H and O–H groups in total. The summed E-state index contributed by atoms with van der Waals surface area (Å²) in [6, 6.07) is 0. The Hall–Kier alpha value is -1.85. The van der Waals surface area contributed by atoms with E-state index < -0.39 is 5.97 Å². The van der Waals surface area contributed by atoms with Crippen LogP contribution in [0.5, 0.6) is 0 Å². The first-order chi connectivity index (χ1) is 8.52. The quantitative estimate of drug-likeness (QED) is 0.810. The van der Waals surface area contributed by atoms with Crippen LogP contribution < -0.4 is 10.9 Å². The summed E-state index contributed by atoms with van der Waals surface area (Å²) in [7, 11) is 1.66. The molecular formula is C12H17N3O3. The summed E-state index contributed by atoms with van der Waals surface area (Å²) in [5.74, 6) is -0.498. The number of aryl methyl sites for hydroxylation is 1. The van der Waals surface area contributed by atoms with Gasteiger partial charge in [0.2, 0.25) is 0 Å². The number of nitrogens with zero attached hydrogens (tertiary/aromatic N) is 2. The highest BCUT2D eigenvalue weighted by Crippen LogP contribution is 2.43. The predicted molar refractivity (Wildman–Crippen MR) is 66.5 cm³/mol. The molecule has 0 atom stereocenters. The highest BCUT2D eigenvalue weighted by atomic mass is 16.4. The van der Waals surface area contributed by atoms with Crippen LogP contribution in [-0.4, -0.2) is 27.2 Å². The van der Waals surface area contributed by atoms with E-state index in [1.807, 2.05) is 0 Å². The smallest absolute Gasteiger partial charge is 0.303 e. The minimum atomic E-state index is -0.787. The Morgan fingerprint density at radius 1 is 1.61 bits per heavy atom. The molecule has 0 unspecified atom stereocenters. The van der Waals surface area contributed by atoms with Gasteiger partial charge in [-0.1, -0.05) is 6.42 Å². The van der Waals surface area contributed by atoms with E-state index in [0.717, 1.165) is 19.3 Å². The van der Waals surface area contributed by atoms with Crippen molar-refractivity contribution in [2.45, 2.75) is 25.7 Å². The van der Waals surface area contributed by atoms with E-state index in [9.17, 15) is 9.59 Å². The van der Waals surface area contributed by atoms with Gasteiger partial charge in [-0.3, -0.25) is 9.59 Å². The second-order valence-corrected chi connectivity index (χ2v) is 4.97. The number of carboxylic acid groups (broad SMARTS) is 1. The molecular weight excluding hydrogens is 234 g/mol. The molecule has 0 aromatic carbocycles. The van der Waals surface area contributed by atoms with E-state index in [0.29, 0.717) is 6.54 Å². The maximum Gasteiger partial charge on any atom is 0.303 e. The molecule has 1 aromatic heterocycles. The number of carbonyl (C=O) groups is 1. The number of hydrogen-bond acceptors (Lipinski definition) is 4. The third-order valence-corrected chi connectivity index (χ3v) is 3.59. The average molecular weight is 251 g/mol. The lowest BCUT2D eigenvalue weighted by Crippen LogP contribution is -2.39. The van der Waals surface area contributed by atoms with Gasteiger partial charge in [-0.2, -0.15) is 0 Å². The van der Waals surface area contributed by atoms with Crippen LogP contribution in [-0.2, 0) is 11.8 Å². The largest absolute Gasteiger partial charge is 0.481 e. The minimum Gasteiger partial charge on any atom is -0.481 e. The van der Waals surface area contributed by atoms with E-state index in [1.54, 1.807) is 19.4 Å². The molecule has 0 saturated heterocycles. The molecule has 1 aromatic rings. The summed E-state index contributed by atoms with van der Waals surface area (Å²) in [6.45, 7) is 0.492. The van der Waals surface area contributed by atoms with Crippen molar-refractivity contribution in [3.63, 3.8) is 0 Å². The van der Waals surface area contributed by atoms with Crippen LogP contribution >= 0.6 is 0 Å². The molecule has 0 aliphatic heterocycles. The van der Waals surface area contributed by atoms with Gasteiger partial charge >= 0.3 is 5.97 Å². The monoisotopic (exact) mass is 251 g/mol. The topological polar surface area (TPSA) is 84.2 Å². The molecule has 98 valence electrons. The number of rotatable bonds is 5. The predicted octanol–water partition coefficient (Wildman–Crippen LogP) is 0.837. The average Bonchev–Trinajstić information content (AvgIpc) is 2.26. The van der Waals surface area contributed by atoms with E-state index >= 15 is 0 Å². The van der Waals surface area contributed by atoms with E-state index in [2.05, 4.69) is 10.3 Å². The Morgan fingerprint density at radius 3 is 2.89 bits per heavy atom. The Balaban J connectivity index is 2.04. The zero-order chi connectivity index (χ0) is 13.2. The van der Waals surface area contributed by atoms with Gasteiger partial charge in [-0.15, -0.1) is 0 Å². The van der Waals surface area contributed by atoms with Gasteiger partial charge in [-0.25, -0.2) is 4.98 Å². The molecule has 1 fully saturated rings. The van der Waals surface area contributed by atoms with Crippen molar-refractivity contribution in [3.05, 3.63) is 22.7 Å². The zero-order valence-electron chi connectivity index (χ0n) is 10.3. The van der Waals surface area contributed by atoms with Crippen LogP contribution in [0.2, 0.25) is 0 Å². The molecule has 2 rings (SSSR count). The van der Waals surface area contributed by atoms with Crippen molar-refractivity contribution in [2.75, 3.05) is 11.9 Å². The summed E-state index contributed by atoms with van der Waals surface area (Å²) < 4.78 is 1.44. The van der Waals surface area contributed by atoms with Crippen molar-refractivity contribution in [1.29, 1.82) is 0 Å². The van der Waals surface area contributed by atoms with Crippen molar-refractivity contribution in [1.82, 2.24) is 9.55 Å². The molecule has 0 radical (unpaired) electrons. The first-order valence-electron chi connectivity index (χ1n) is 6.00. The van der Waals surface area contributed by atoms with Crippen LogP contribution in [0, 0.1) is 5.41 Å². The molecule has 1 aliphatic carbocycles.